The standard InChI is InChI=1S/C22H19N5O/c1-15(16-5-3-2-4-6-16)26-21-19-13-20(27-22(19)25-14-24-21)17-7-9-18(10-8-17)28-12-11-23/h2-10,13-15H,12H2,1H3,(H2,24,25,26,27). The summed E-state index contributed by atoms with van der Waals surface area (Å²) >= 11 is 0. The van der Waals surface area contributed by atoms with Gasteiger partial charge in [-0.3, -0.25) is 0 Å². The van der Waals surface area contributed by atoms with E-state index in [4.69, 9.17) is 10.00 Å². The Labute approximate surface area is 162 Å². The second kappa shape index (κ2) is 7.80. The molecule has 1 unspecified atom stereocenters. The topological polar surface area (TPSA) is 86.6 Å². The number of aromatic nitrogens is 3. The number of nitrogens with zero attached hydrogens (tertiary/aromatic N) is 3. The molecule has 0 bridgehead atoms. The van der Waals surface area contributed by atoms with Gasteiger partial charge in [0, 0.05) is 11.7 Å². The van der Waals surface area contributed by atoms with Crippen LogP contribution >= 0.6 is 0 Å². The minimum absolute atomic E-state index is 0.0377. The summed E-state index contributed by atoms with van der Waals surface area (Å²) < 4.78 is 5.31. The van der Waals surface area contributed by atoms with Crippen molar-refractivity contribution >= 4 is 16.9 Å². The van der Waals surface area contributed by atoms with E-state index in [1.54, 1.807) is 6.33 Å². The molecule has 0 radical (unpaired) electrons. The van der Waals surface area contributed by atoms with Gasteiger partial charge in [0.05, 0.1) is 5.39 Å². The van der Waals surface area contributed by atoms with Crippen LogP contribution in [0.15, 0.2) is 67.0 Å². The number of nitrogens with one attached hydrogen (secondary N) is 2. The predicted molar refractivity (Wildman–Crippen MR) is 109 cm³/mol. The highest BCUT2D eigenvalue weighted by molar-refractivity contribution is 5.91. The van der Waals surface area contributed by atoms with E-state index in [1.807, 2.05) is 54.6 Å². The highest BCUT2D eigenvalue weighted by Crippen LogP contribution is 2.29. The third kappa shape index (κ3) is 3.64. The van der Waals surface area contributed by atoms with Crippen LogP contribution in [0, 0.1) is 11.3 Å². The Morgan fingerprint density at radius 3 is 2.64 bits per heavy atom. The Bertz CT molecular complexity index is 1110. The molecular formula is C22H19N5O. The average Bonchev–Trinajstić information content (AvgIpc) is 3.18. The van der Waals surface area contributed by atoms with Crippen molar-refractivity contribution in [2.75, 3.05) is 11.9 Å². The van der Waals surface area contributed by atoms with E-state index in [-0.39, 0.29) is 12.6 Å². The maximum atomic E-state index is 8.60. The van der Waals surface area contributed by atoms with Gasteiger partial charge in [-0.15, -0.1) is 0 Å². The third-order valence-corrected chi connectivity index (χ3v) is 4.55. The van der Waals surface area contributed by atoms with E-state index in [2.05, 4.69) is 39.3 Å². The van der Waals surface area contributed by atoms with Crippen molar-refractivity contribution in [2.24, 2.45) is 0 Å². The number of rotatable bonds is 6. The summed E-state index contributed by atoms with van der Waals surface area (Å²) in [5.74, 6) is 1.46. The van der Waals surface area contributed by atoms with Crippen LogP contribution in [-0.4, -0.2) is 21.6 Å². The van der Waals surface area contributed by atoms with Crippen LogP contribution in [0.1, 0.15) is 18.5 Å². The Morgan fingerprint density at radius 1 is 1.11 bits per heavy atom. The SMILES string of the molecule is CC(Nc1ncnc2[nH]c(-c3ccc(OCC#N)cc3)cc12)c1ccccc1. The summed E-state index contributed by atoms with van der Waals surface area (Å²) in [7, 11) is 0. The average molecular weight is 369 g/mol. The van der Waals surface area contributed by atoms with E-state index < -0.39 is 0 Å². The number of ether oxygens (including phenoxy) is 1. The first-order valence-corrected chi connectivity index (χ1v) is 9.00. The van der Waals surface area contributed by atoms with Crippen LogP contribution in [0.2, 0.25) is 0 Å². The lowest BCUT2D eigenvalue weighted by atomic mass is 10.1. The summed E-state index contributed by atoms with van der Waals surface area (Å²) in [4.78, 5) is 12.1. The monoisotopic (exact) mass is 369 g/mol. The predicted octanol–water partition coefficient (Wildman–Crippen LogP) is 4.70. The van der Waals surface area contributed by atoms with Crippen LogP contribution in [0.25, 0.3) is 22.3 Å². The molecule has 2 heterocycles. The zero-order chi connectivity index (χ0) is 19.3. The van der Waals surface area contributed by atoms with Crippen molar-refractivity contribution in [2.45, 2.75) is 13.0 Å². The summed E-state index contributed by atoms with van der Waals surface area (Å²) in [5, 5.41) is 13.0. The fraction of sp³-hybridized carbons (Fsp3) is 0.136. The molecule has 138 valence electrons. The second-order valence-corrected chi connectivity index (χ2v) is 6.42. The first-order chi connectivity index (χ1) is 13.7. The molecule has 0 amide bonds. The number of nitriles is 1. The van der Waals surface area contributed by atoms with Gasteiger partial charge < -0.3 is 15.0 Å². The van der Waals surface area contributed by atoms with Crippen molar-refractivity contribution in [1.82, 2.24) is 15.0 Å². The summed E-state index contributed by atoms with van der Waals surface area (Å²) in [6, 6.07) is 22.0. The number of aromatic amines is 1. The maximum Gasteiger partial charge on any atom is 0.174 e. The Morgan fingerprint density at radius 2 is 1.89 bits per heavy atom. The minimum Gasteiger partial charge on any atom is -0.479 e. The van der Waals surface area contributed by atoms with Gasteiger partial charge in [-0.1, -0.05) is 30.3 Å². The molecule has 0 saturated heterocycles. The van der Waals surface area contributed by atoms with Crippen molar-refractivity contribution in [3.8, 4) is 23.1 Å². The lowest BCUT2D eigenvalue weighted by molar-refractivity contribution is 0.368. The normalized spacial score (nSPS) is 11.7. The van der Waals surface area contributed by atoms with Gasteiger partial charge in [-0.05, 0) is 48.4 Å². The summed E-state index contributed by atoms with van der Waals surface area (Å²) in [6.07, 6.45) is 1.56. The zero-order valence-electron chi connectivity index (χ0n) is 15.4. The molecule has 6 nitrogen and oxygen atoms in total. The fourth-order valence-electron chi connectivity index (χ4n) is 3.09. The summed E-state index contributed by atoms with van der Waals surface area (Å²) in [5.41, 5.74) is 3.91. The number of hydrogen-bond acceptors (Lipinski definition) is 5. The lowest BCUT2D eigenvalue weighted by Gasteiger charge is -2.15. The van der Waals surface area contributed by atoms with Gasteiger partial charge in [-0.2, -0.15) is 5.26 Å². The van der Waals surface area contributed by atoms with Crippen LogP contribution in [-0.2, 0) is 0 Å². The Hall–Kier alpha value is -3.85. The Balaban J connectivity index is 1.61. The van der Waals surface area contributed by atoms with Crippen molar-refractivity contribution < 1.29 is 4.74 Å². The van der Waals surface area contributed by atoms with Crippen molar-refractivity contribution in [3.63, 3.8) is 0 Å². The van der Waals surface area contributed by atoms with E-state index >= 15 is 0 Å². The number of hydrogen-bond donors (Lipinski definition) is 2. The van der Waals surface area contributed by atoms with Crippen LogP contribution < -0.4 is 10.1 Å². The maximum absolute atomic E-state index is 8.60. The highest BCUT2D eigenvalue weighted by atomic mass is 16.5. The van der Waals surface area contributed by atoms with Gasteiger partial charge in [-0.25, -0.2) is 9.97 Å². The molecular weight excluding hydrogens is 350 g/mol. The van der Waals surface area contributed by atoms with Gasteiger partial charge in [0.25, 0.3) is 0 Å². The van der Waals surface area contributed by atoms with Crippen LogP contribution in [0.3, 0.4) is 0 Å². The van der Waals surface area contributed by atoms with Crippen LogP contribution in [0.5, 0.6) is 5.75 Å². The minimum atomic E-state index is 0.0377. The highest BCUT2D eigenvalue weighted by Gasteiger charge is 2.12. The number of anilines is 1. The van der Waals surface area contributed by atoms with E-state index in [0.717, 1.165) is 28.1 Å². The van der Waals surface area contributed by atoms with Crippen molar-refractivity contribution in [3.05, 3.63) is 72.6 Å². The molecule has 2 aromatic carbocycles. The van der Waals surface area contributed by atoms with Crippen LogP contribution in [0.4, 0.5) is 5.82 Å². The van der Waals surface area contributed by atoms with Gasteiger partial charge >= 0.3 is 0 Å². The van der Waals surface area contributed by atoms with Gasteiger partial charge in [0.2, 0.25) is 0 Å². The molecule has 0 aliphatic rings. The zero-order valence-corrected chi connectivity index (χ0v) is 15.4. The largest absolute Gasteiger partial charge is 0.479 e. The molecule has 0 saturated carbocycles. The van der Waals surface area contributed by atoms with E-state index in [0.29, 0.717) is 5.75 Å². The molecule has 6 heteroatoms. The fourth-order valence-corrected chi connectivity index (χ4v) is 3.09. The van der Waals surface area contributed by atoms with Gasteiger partial charge in [0.1, 0.15) is 29.6 Å². The second-order valence-electron chi connectivity index (χ2n) is 6.42. The molecule has 28 heavy (non-hydrogen) atoms. The Kier molecular flexibility index (Phi) is 4.89. The third-order valence-electron chi connectivity index (χ3n) is 4.55. The molecule has 0 fully saturated rings. The molecule has 0 spiro atoms. The first kappa shape index (κ1) is 17.6. The van der Waals surface area contributed by atoms with Gasteiger partial charge in [0.15, 0.2) is 6.61 Å². The molecule has 4 rings (SSSR count). The van der Waals surface area contributed by atoms with Crippen molar-refractivity contribution in [1.29, 1.82) is 5.26 Å². The quantitative estimate of drug-likeness (QED) is 0.514. The smallest absolute Gasteiger partial charge is 0.174 e. The number of benzene rings is 2. The number of H-pyrrole nitrogens is 1. The molecule has 4 aromatic rings. The molecule has 2 aromatic heterocycles. The summed E-state index contributed by atoms with van der Waals surface area (Å²) in [6.45, 7) is 2.15. The number of fused-ring (bicyclic) bond motifs is 1. The van der Waals surface area contributed by atoms with E-state index in [9.17, 15) is 0 Å². The molecule has 0 aliphatic heterocycles. The van der Waals surface area contributed by atoms with E-state index in [1.165, 1.54) is 5.56 Å². The lowest BCUT2D eigenvalue weighted by Crippen LogP contribution is -2.08. The molecule has 1 atom stereocenters. The molecule has 0 aliphatic carbocycles. The first-order valence-electron chi connectivity index (χ1n) is 9.00. The molecule has 2 N–H and O–H groups in total.